The molecule has 3 heteroatoms. The maximum atomic E-state index is 11.4. The minimum Gasteiger partial charge on any atom is -0.343 e. The molecular weight excluding hydrogens is 252 g/mol. The molecule has 0 bridgehead atoms. The quantitative estimate of drug-likeness (QED) is 0.789. The third-order valence-electron chi connectivity index (χ3n) is 4.55. The lowest BCUT2D eigenvalue weighted by Gasteiger charge is -2.38. The van der Waals surface area contributed by atoms with Gasteiger partial charge in [-0.05, 0) is 19.8 Å². The molecule has 0 radical (unpaired) electrons. The Morgan fingerprint density at radius 2 is 1.65 bits per heavy atom. The standard InChI is InChI=1S/C17H22O3/c1-13(18)14-7-9-16(10-8-14)17(19-11-12-20-17)15-5-3-2-4-6-15/h7-10,15H,2-6,11-12H2,1H3. The van der Waals surface area contributed by atoms with Crippen molar-refractivity contribution < 1.29 is 14.3 Å². The van der Waals surface area contributed by atoms with Gasteiger partial charge in [-0.25, -0.2) is 0 Å². The van der Waals surface area contributed by atoms with E-state index >= 15 is 0 Å². The Hall–Kier alpha value is -1.19. The van der Waals surface area contributed by atoms with E-state index < -0.39 is 5.79 Å². The van der Waals surface area contributed by atoms with Crippen LogP contribution >= 0.6 is 0 Å². The highest BCUT2D eigenvalue weighted by Gasteiger charge is 2.46. The van der Waals surface area contributed by atoms with E-state index in [0.717, 1.165) is 24.0 Å². The summed E-state index contributed by atoms with van der Waals surface area (Å²) in [5, 5.41) is 0. The zero-order valence-electron chi connectivity index (χ0n) is 12.1. The highest BCUT2D eigenvalue weighted by Crippen LogP contribution is 2.45. The van der Waals surface area contributed by atoms with Crippen LogP contribution in [0.4, 0.5) is 0 Å². The molecule has 0 N–H and O–H groups in total. The number of Topliss-reactive ketones (excluding diaryl/α,β-unsaturated/α-hetero) is 1. The van der Waals surface area contributed by atoms with Crippen LogP contribution in [0, 0.1) is 5.92 Å². The first-order valence-electron chi connectivity index (χ1n) is 7.62. The summed E-state index contributed by atoms with van der Waals surface area (Å²) < 4.78 is 12.1. The Balaban J connectivity index is 1.91. The summed E-state index contributed by atoms with van der Waals surface area (Å²) in [7, 11) is 0. The third-order valence-corrected chi connectivity index (χ3v) is 4.55. The van der Waals surface area contributed by atoms with Gasteiger partial charge in [0.15, 0.2) is 11.6 Å². The molecule has 20 heavy (non-hydrogen) atoms. The first kappa shape index (κ1) is 13.8. The van der Waals surface area contributed by atoms with Crippen molar-refractivity contribution in [1.29, 1.82) is 0 Å². The van der Waals surface area contributed by atoms with E-state index in [4.69, 9.17) is 9.47 Å². The molecule has 1 heterocycles. The molecule has 1 aromatic rings. The largest absolute Gasteiger partial charge is 0.343 e. The van der Waals surface area contributed by atoms with Gasteiger partial charge in [-0.1, -0.05) is 43.5 Å². The van der Waals surface area contributed by atoms with E-state index in [1.807, 2.05) is 24.3 Å². The van der Waals surface area contributed by atoms with Crippen LogP contribution in [-0.2, 0) is 15.3 Å². The Labute approximate surface area is 120 Å². The number of hydrogen-bond donors (Lipinski definition) is 0. The number of rotatable bonds is 3. The van der Waals surface area contributed by atoms with Gasteiger partial charge in [0.05, 0.1) is 13.2 Å². The van der Waals surface area contributed by atoms with Crippen LogP contribution in [0.1, 0.15) is 54.9 Å². The lowest BCUT2D eigenvalue weighted by Crippen LogP contribution is -2.37. The second-order valence-corrected chi connectivity index (χ2v) is 5.83. The maximum absolute atomic E-state index is 11.4. The molecular formula is C17H22O3. The van der Waals surface area contributed by atoms with Crippen LogP contribution in [0.25, 0.3) is 0 Å². The van der Waals surface area contributed by atoms with Crippen molar-refractivity contribution in [2.75, 3.05) is 13.2 Å². The number of benzene rings is 1. The van der Waals surface area contributed by atoms with E-state index in [1.54, 1.807) is 6.92 Å². The SMILES string of the molecule is CC(=O)c1ccc(C2(C3CCCCC3)OCCO2)cc1. The number of carbonyl (C=O) groups is 1. The Morgan fingerprint density at radius 1 is 1.05 bits per heavy atom. The van der Waals surface area contributed by atoms with Crippen LogP contribution in [0.2, 0.25) is 0 Å². The lowest BCUT2D eigenvalue weighted by atomic mass is 9.80. The van der Waals surface area contributed by atoms with Gasteiger partial charge in [0.25, 0.3) is 0 Å². The summed E-state index contributed by atoms with van der Waals surface area (Å²) in [6, 6.07) is 7.76. The molecule has 2 aliphatic rings. The molecule has 3 nitrogen and oxygen atoms in total. The van der Waals surface area contributed by atoms with Gasteiger partial charge in [-0.15, -0.1) is 0 Å². The van der Waals surface area contributed by atoms with Gasteiger partial charge < -0.3 is 9.47 Å². The molecule has 0 spiro atoms. The summed E-state index contributed by atoms with van der Waals surface area (Å²) in [4.78, 5) is 11.4. The second-order valence-electron chi connectivity index (χ2n) is 5.83. The number of hydrogen-bond acceptors (Lipinski definition) is 3. The van der Waals surface area contributed by atoms with Crippen molar-refractivity contribution in [3.63, 3.8) is 0 Å². The summed E-state index contributed by atoms with van der Waals surface area (Å²) in [6.07, 6.45) is 6.15. The molecule has 2 fully saturated rings. The molecule has 1 aliphatic heterocycles. The molecule has 1 aromatic carbocycles. The van der Waals surface area contributed by atoms with E-state index in [9.17, 15) is 4.79 Å². The normalized spacial score (nSPS) is 22.9. The molecule has 1 saturated carbocycles. The topological polar surface area (TPSA) is 35.5 Å². The van der Waals surface area contributed by atoms with Crippen molar-refractivity contribution in [2.45, 2.75) is 44.8 Å². The van der Waals surface area contributed by atoms with E-state index in [-0.39, 0.29) is 5.78 Å². The van der Waals surface area contributed by atoms with Crippen LogP contribution in [-0.4, -0.2) is 19.0 Å². The minimum absolute atomic E-state index is 0.0940. The molecule has 1 saturated heterocycles. The van der Waals surface area contributed by atoms with Gasteiger partial charge in [-0.3, -0.25) is 4.79 Å². The molecule has 0 atom stereocenters. The first-order chi connectivity index (χ1) is 9.72. The smallest absolute Gasteiger partial charge is 0.197 e. The van der Waals surface area contributed by atoms with Gasteiger partial charge in [-0.2, -0.15) is 0 Å². The fraction of sp³-hybridized carbons (Fsp3) is 0.588. The predicted molar refractivity (Wildman–Crippen MR) is 76.6 cm³/mol. The van der Waals surface area contributed by atoms with Crippen LogP contribution in [0.15, 0.2) is 24.3 Å². The summed E-state index contributed by atoms with van der Waals surface area (Å²) >= 11 is 0. The van der Waals surface area contributed by atoms with E-state index in [1.165, 1.54) is 19.3 Å². The molecule has 3 rings (SSSR count). The van der Waals surface area contributed by atoms with E-state index in [2.05, 4.69) is 0 Å². The average molecular weight is 274 g/mol. The fourth-order valence-corrected chi connectivity index (χ4v) is 3.49. The minimum atomic E-state index is -0.574. The van der Waals surface area contributed by atoms with Gasteiger partial charge in [0.1, 0.15) is 0 Å². The number of ether oxygens (including phenoxy) is 2. The number of ketones is 1. The van der Waals surface area contributed by atoms with Crippen molar-refractivity contribution in [2.24, 2.45) is 5.92 Å². The Kier molecular flexibility index (Phi) is 3.90. The average Bonchev–Trinajstić information content (AvgIpc) is 2.99. The molecule has 0 amide bonds. The molecule has 0 unspecified atom stereocenters. The van der Waals surface area contributed by atoms with Crippen molar-refractivity contribution >= 4 is 5.78 Å². The van der Waals surface area contributed by atoms with Gasteiger partial charge >= 0.3 is 0 Å². The zero-order valence-corrected chi connectivity index (χ0v) is 12.1. The second kappa shape index (κ2) is 5.66. The zero-order chi connectivity index (χ0) is 14.0. The first-order valence-corrected chi connectivity index (χ1v) is 7.62. The molecule has 108 valence electrons. The summed E-state index contributed by atoms with van der Waals surface area (Å²) in [6.45, 7) is 2.91. The van der Waals surface area contributed by atoms with Gasteiger partial charge in [0, 0.05) is 17.0 Å². The fourth-order valence-electron chi connectivity index (χ4n) is 3.49. The van der Waals surface area contributed by atoms with Crippen LogP contribution in [0.5, 0.6) is 0 Å². The predicted octanol–water partition coefficient (Wildman–Crippen LogP) is 3.67. The molecule has 0 aromatic heterocycles. The number of carbonyl (C=O) groups excluding carboxylic acids is 1. The highest BCUT2D eigenvalue weighted by molar-refractivity contribution is 5.94. The third kappa shape index (κ3) is 2.40. The Morgan fingerprint density at radius 3 is 2.20 bits per heavy atom. The van der Waals surface area contributed by atoms with Crippen molar-refractivity contribution in [3.05, 3.63) is 35.4 Å². The van der Waals surface area contributed by atoms with Gasteiger partial charge in [0.2, 0.25) is 0 Å². The molecule has 1 aliphatic carbocycles. The van der Waals surface area contributed by atoms with Crippen LogP contribution < -0.4 is 0 Å². The lowest BCUT2D eigenvalue weighted by molar-refractivity contribution is -0.211. The van der Waals surface area contributed by atoms with E-state index in [0.29, 0.717) is 19.1 Å². The van der Waals surface area contributed by atoms with Crippen molar-refractivity contribution in [3.8, 4) is 0 Å². The summed E-state index contributed by atoms with van der Waals surface area (Å²) in [5.74, 6) is -0.0473. The highest BCUT2D eigenvalue weighted by atomic mass is 16.7. The maximum Gasteiger partial charge on any atom is 0.197 e. The monoisotopic (exact) mass is 274 g/mol. The Bertz CT molecular complexity index is 466. The van der Waals surface area contributed by atoms with Crippen molar-refractivity contribution in [1.82, 2.24) is 0 Å². The summed E-state index contributed by atoms with van der Waals surface area (Å²) in [5.41, 5.74) is 1.80. The van der Waals surface area contributed by atoms with Crippen LogP contribution in [0.3, 0.4) is 0 Å².